The van der Waals surface area contributed by atoms with Crippen molar-refractivity contribution in [1.29, 1.82) is 0 Å². The summed E-state index contributed by atoms with van der Waals surface area (Å²) < 4.78 is 5.58. The highest BCUT2D eigenvalue weighted by atomic mass is 32.2. The van der Waals surface area contributed by atoms with Crippen LogP contribution < -0.4 is 10.2 Å². The standard InChI is InChI=1S/C16H20N2O3S/c1-11(13-6-4-8-21-13)17-15(19)9-18-12-5-2-3-7-14(12)22-10-16(18)20/h2-3,5,7,11,13H,4,6,8-10H2,1H3,(H,17,19)/t11-,13+/m0/s1. The van der Waals surface area contributed by atoms with Crippen molar-refractivity contribution in [1.82, 2.24) is 5.32 Å². The Bertz CT molecular complexity index is 572. The SMILES string of the molecule is C[C@H](NC(=O)CN1C(=O)CSc2ccccc21)[C@H]1CCCO1. The lowest BCUT2D eigenvalue weighted by Gasteiger charge is -2.29. The van der Waals surface area contributed by atoms with Crippen molar-refractivity contribution < 1.29 is 14.3 Å². The fourth-order valence-corrected chi connectivity index (χ4v) is 3.80. The van der Waals surface area contributed by atoms with Gasteiger partial charge in [-0.1, -0.05) is 12.1 Å². The summed E-state index contributed by atoms with van der Waals surface area (Å²) in [5.74, 6) is 0.215. The fourth-order valence-electron chi connectivity index (χ4n) is 2.86. The number of hydrogen-bond acceptors (Lipinski definition) is 4. The molecule has 0 radical (unpaired) electrons. The number of thioether (sulfide) groups is 1. The van der Waals surface area contributed by atoms with Gasteiger partial charge in [0, 0.05) is 11.5 Å². The third-order valence-corrected chi connectivity index (χ3v) is 5.07. The molecule has 0 bridgehead atoms. The van der Waals surface area contributed by atoms with Gasteiger partial charge < -0.3 is 15.0 Å². The summed E-state index contributed by atoms with van der Waals surface area (Å²) >= 11 is 1.52. The van der Waals surface area contributed by atoms with Crippen molar-refractivity contribution in [3.63, 3.8) is 0 Å². The lowest BCUT2D eigenvalue weighted by atomic mass is 10.1. The minimum atomic E-state index is -0.141. The Morgan fingerprint density at radius 1 is 1.50 bits per heavy atom. The summed E-state index contributed by atoms with van der Waals surface area (Å²) in [5.41, 5.74) is 0.823. The van der Waals surface area contributed by atoms with Crippen LogP contribution in [0.4, 0.5) is 5.69 Å². The largest absolute Gasteiger partial charge is 0.376 e. The van der Waals surface area contributed by atoms with E-state index < -0.39 is 0 Å². The van der Waals surface area contributed by atoms with E-state index in [1.165, 1.54) is 11.8 Å². The number of para-hydroxylation sites is 1. The number of nitrogens with zero attached hydrogens (tertiary/aromatic N) is 1. The molecule has 0 aromatic heterocycles. The van der Waals surface area contributed by atoms with Gasteiger partial charge in [-0.05, 0) is 31.9 Å². The van der Waals surface area contributed by atoms with E-state index in [-0.39, 0.29) is 30.5 Å². The molecule has 0 saturated carbocycles. The van der Waals surface area contributed by atoms with Crippen molar-refractivity contribution in [2.75, 3.05) is 23.8 Å². The van der Waals surface area contributed by atoms with E-state index >= 15 is 0 Å². The predicted molar refractivity (Wildman–Crippen MR) is 86.1 cm³/mol. The molecule has 2 heterocycles. The molecule has 5 nitrogen and oxygen atoms in total. The van der Waals surface area contributed by atoms with E-state index in [0.717, 1.165) is 30.0 Å². The van der Waals surface area contributed by atoms with Gasteiger partial charge in [-0.2, -0.15) is 0 Å². The van der Waals surface area contributed by atoms with Gasteiger partial charge >= 0.3 is 0 Å². The van der Waals surface area contributed by atoms with Crippen molar-refractivity contribution in [2.24, 2.45) is 0 Å². The summed E-state index contributed by atoms with van der Waals surface area (Å²) in [6.45, 7) is 2.78. The van der Waals surface area contributed by atoms with Gasteiger partial charge in [0.1, 0.15) is 6.54 Å². The zero-order valence-corrected chi connectivity index (χ0v) is 13.4. The van der Waals surface area contributed by atoms with Crippen LogP contribution in [0.15, 0.2) is 29.2 Å². The first kappa shape index (κ1) is 15.4. The van der Waals surface area contributed by atoms with Crippen molar-refractivity contribution in [3.8, 4) is 0 Å². The summed E-state index contributed by atoms with van der Waals surface area (Å²) in [6.07, 6.45) is 2.10. The van der Waals surface area contributed by atoms with E-state index in [0.29, 0.717) is 5.75 Å². The van der Waals surface area contributed by atoms with Crippen LogP contribution in [0.2, 0.25) is 0 Å². The number of rotatable bonds is 4. The first-order valence-corrected chi connectivity index (χ1v) is 8.57. The van der Waals surface area contributed by atoms with Crippen molar-refractivity contribution in [2.45, 2.75) is 36.8 Å². The second-order valence-corrected chi connectivity index (χ2v) is 6.66. The van der Waals surface area contributed by atoms with Crippen LogP contribution in [0.5, 0.6) is 0 Å². The maximum atomic E-state index is 12.3. The first-order valence-electron chi connectivity index (χ1n) is 7.58. The maximum absolute atomic E-state index is 12.3. The number of carbonyl (C=O) groups excluding carboxylic acids is 2. The lowest BCUT2D eigenvalue weighted by Crippen LogP contribution is -2.48. The molecule has 1 saturated heterocycles. The minimum absolute atomic E-state index is 0.0244. The van der Waals surface area contributed by atoms with Crippen LogP contribution in [-0.2, 0) is 14.3 Å². The van der Waals surface area contributed by atoms with E-state index in [9.17, 15) is 9.59 Å². The van der Waals surface area contributed by atoms with Gasteiger partial charge in [-0.25, -0.2) is 0 Å². The van der Waals surface area contributed by atoms with Crippen LogP contribution in [-0.4, -0.2) is 42.9 Å². The molecule has 0 aliphatic carbocycles. The van der Waals surface area contributed by atoms with Crippen molar-refractivity contribution in [3.05, 3.63) is 24.3 Å². The van der Waals surface area contributed by atoms with E-state index in [1.807, 2.05) is 31.2 Å². The van der Waals surface area contributed by atoms with Crippen LogP contribution in [0.25, 0.3) is 0 Å². The molecule has 2 aliphatic rings. The number of carbonyl (C=O) groups is 2. The summed E-state index contributed by atoms with van der Waals surface area (Å²) in [7, 11) is 0. The monoisotopic (exact) mass is 320 g/mol. The second-order valence-electron chi connectivity index (χ2n) is 5.64. The molecular formula is C16H20N2O3S. The van der Waals surface area contributed by atoms with Gasteiger partial charge in [0.05, 0.1) is 23.6 Å². The molecule has 3 rings (SSSR count). The molecule has 118 valence electrons. The Balaban J connectivity index is 1.64. The van der Waals surface area contributed by atoms with Crippen LogP contribution in [0.3, 0.4) is 0 Å². The molecule has 0 unspecified atom stereocenters. The Labute approximate surface area is 134 Å². The molecular weight excluding hydrogens is 300 g/mol. The first-order chi connectivity index (χ1) is 10.6. The van der Waals surface area contributed by atoms with Crippen LogP contribution >= 0.6 is 11.8 Å². The summed E-state index contributed by atoms with van der Waals surface area (Å²) in [5, 5.41) is 2.96. The van der Waals surface area contributed by atoms with Crippen molar-refractivity contribution >= 4 is 29.3 Å². The number of hydrogen-bond donors (Lipinski definition) is 1. The lowest BCUT2D eigenvalue weighted by molar-refractivity contribution is -0.124. The normalized spacial score (nSPS) is 22.3. The molecule has 2 amide bonds. The van der Waals surface area contributed by atoms with E-state index in [4.69, 9.17) is 4.74 Å². The topological polar surface area (TPSA) is 58.6 Å². The summed E-state index contributed by atoms with van der Waals surface area (Å²) in [4.78, 5) is 27.0. The third kappa shape index (κ3) is 3.28. The number of fused-ring (bicyclic) bond motifs is 1. The van der Waals surface area contributed by atoms with Crippen LogP contribution in [0.1, 0.15) is 19.8 Å². The van der Waals surface area contributed by atoms with E-state index in [1.54, 1.807) is 4.90 Å². The number of anilines is 1. The number of nitrogens with one attached hydrogen (secondary N) is 1. The Hall–Kier alpha value is -1.53. The van der Waals surface area contributed by atoms with Gasteiger partial charge in [0.15, 0.2) is 0 Å². The zero-order chi connectivity index (χ0) is 15.5. The molecule has 0 spiro atoms. The fraction of sp³-hybridized carbons (Fsp3) is 0.500. The van der Waals surface area contributed by atoms with Gasteiger partial charge in [0.2, 0.25) is 11.8 Å². The minimum Gasteiger partial charge on any atom is -0.376 e. The Morgan fingerprint density at radius 3 is 3.09 bits per heavy atom. The molecule has 1 fully saturated rings. The molecule has 1 N–H and O–H groups in total. The quantitative estimate of drug-likeness (QED) is 0.919. The molecule has 6 heteroatoms. The Kier molecular flexibility index (Phi) is 4.69. The zero-order valence-electron chi connectivity index (χ0n) is 12.6. The maximum Gasteiger partial charge on any atom is 0.240 e. The average molecular weight is 320 g/mol. The third-order valence-electron chi connectivity index (χ3n) is 4.02. The highest BCUT2D eigenvalue weighted by molar-refractivity contribution is 8.00. The molecule has 2 aliphatic heterocycles. The molecule has 1 aromatic rings. The average Bonchev–Trinajstić information content (AvgIpc) is 3.04. The van der Waals surface area contributed by atoms with Gasteiger partial charge in [-0.3, -0.25) is 9.59 Å². The van der Waals surface area contributed by atoms with Gasteiger partial charge in [-0.15, -0.1) is 11.8 Å². The predicted octanol–water partition coefficient (Wildman–Crippen LogP) is 1.81. The highest BCUT2D eigenvalue weighted by Gasteiger charge is 2.28. The number of benzene rings is 1. The molecule has 1 aromatic carbocycles. The number of amides is 2. The molecule has 22 heavy (non-hydrogen) atoms. The van der Waals surface area contributed by atoms with Crippen LogP contribution in [0, 0.1) is 0 Å². The Morgan fingerprint density at radius 2 is 2.32 bits per heavy atom. The number of ether oxygens (including phenoxy) is 1. The molecule has 2 atom stereocenters. The highest BCUT2D eigenvalue weighted by Crippen LogP contribution is 2.34. The summed E-state index contributed by atoms with van der Waals surface area (Å²) in [6, 6.07) is 7.67. The van der Waals surface area contributed by atoms with Gasteiger partial charge in [0.25, 0.3) is 0 Å². The van der Waals surface area contributed by atoms with E-state index in [2.05, 4.69) is 5.32 Å². The second kappa shape index (κ2) is 6.71. The smallest absolute Gasteiger partial charge is 0.240 e.